The van der Waals surface area contributed by atoms with Crippen molar-refractivity contribution in [1.29, 1.82) is 0 Å². The number of halogens is 3. The molecule has 3 fully saturated rings. The normalized spacial score (nSPS) is 20.8. The number of amides is 2. The number of anilines is 1. The van der Waals surface area contributed by atoms with Crippen LogP contribution in [0.3, 0.4) is 0 Å². The Kier molecular flexibility index (Phi) is 8.62. The molecule has 3 aliphatic rings. The van der Waals surface area contributed by atoms with Crippen LogP contribution in [0.1, 0.15) is 35.7 Å². The molecule has 3 heterocycles. The zero-order chi connectivity index (χ0) is 27.7. The van der Waals surface area contributed by atoms with Crippen LogP contribution in [0, 0.1) is 0 Å². The molecule has 3 aliphatic heterocycles. The smallest absolute Gasteiger partial charge is 0.258 e. The van der Waals surface area contributed by atoms with Crippen LogP contribution in [-0.2, 0) is 15.1 Å². The number of hydrogen-bond acceptors (Lipinski definition) is 6. The molecule has 0 saturated carbocycles. The molecule has 0 aliphatic carbocycles. The standard InChI is InChI=1S/C28H33Cl3N4O4/c1-28(38,18-3-2-4-19(29)13-18)27(37)34-7-5-22(6-8-34)35-16-21(17-35)32-20-14-23(30)25(24(31)15-20)26(36)33-9-11-39-12-10-33/h2-4,13-15,21-22,32,38H,5-12,16-17H2,1H3/t28-/m0/s1. The van der Waals surface area contributed by atoms with Crippen molar-refractivity contribution in [3.63, 3.8) is 0 Å². The number of likely N-dealkylation sites (tertiary alicyclic amines) is 2. The topological polar surface area (TPSA) is 85.3 Å². The average molecular weight is 596 g/mol. The number of carbonyl (C=O) groups excluding carboxylic acids is 2. The molecule has 2 aromatic carbocycles. The van der Waals surface area contributed by atoms with Gasteiger partial charge in [0.25, 0.3) is 11.8 Å². The van der Waals surface area contributed by atoms with E-state index in [0.717, 1.165) is 31.6 Å². The quantitative estimate of drug-likeness (QED) is 0.523. The Morgan fingerprint density at radius 2 is 1.62 bits per heavy atom. The summed E-state index contributed by atoms with van der Waals surface area (Å²) >= 11 is 19.0. The maximum atomic E-state index is 13.1. The largest absolute Gasteiger partial charge is 0.380 e. The summed E-state index contributed by atoms with van der Waals surface area (Å²) in [5.41, 5.74) is 0.000000532. The Labute approximate surface area is 243 Å². The number of rotatable bonds is 6. The summed E-state index contributed by atoms with van der Waals surface area (Å²) < 4.78 is 5.32. The number of benzene rings is 2. The van der Waals surface area contributed by atoms with E-state index >= 15 is 0 Å². The predicted molar refractivity (Wildman–Crippen MR) is 153 cm³/mol. The van der Waals surface area contributed by atoms with Crippen molar-refractivity contribution in [3.8, 4) is 0 Å². The van der Waals surface area contributed by atoms with Gasteiger partial charge in [-0.2, -0.15) is 0 Å². The zero-order valence-corrected chi connectivity index (χ0v) is 24.1. The fourth-order valence-corrected chi connectivity index (χ4v) is 6.42. The van der Waals surface area contributed by atoms with E-state index in [-0.39, 0.29) is 17.9 Å². The Morgan fingerprint density at radius 1 is 0.974 bits per heavy atom. The maximum Gasteiger partial charge on any atom is 0.258 e. The molecule has 2 N–H and O–H groups in total. The molecule has 0 spiro atoms. The summed E-state index contributed by atoms with van der Waals surface area (Å²) in [5, 5.41) is 15.6. The molecule has 0 unspecified atom stereocenters. The van der Waals surface area contributed by atoms with E-state index in [4.69, 9.17) is 39.5 Å². The molecule has 0 aromatic heterocycles. The van der Waals surface area contributed by atoms with Crippen LogP contribution < -0.4 is 5.32 Å². The summed E-state index contributed by atoms with van der Waals surface area (Å²) in [7, 11) is 0. The number of ether oxygens (including phenoxy) is 1. The molecular formula is C28H33Cl3N4O4. The van der Waals surface area contributed by atoms with E-state index < -0.39 is 5.60 Å². The molecule has 0 bridgehead atoms. The molecule has 1 atom stereocenters. The highest BCUT2D eigenvalue weighted by molar-refractivity contribution is 6.40. The third-order valence-electron chi connectivity index (χ3n) is 7.91. The molecule has 11 heteroatoms. The molecule has 8 nitrogen and oxygen atoms in total. The second kappa shape index (κ2) is 11.8. The Balaban J connectivity index is 1.11. The van der Waals surface area contributed by atoms with Crippen molar-refractivity contribution >= 4 is 52.3 Å². The molecule has 210 valence electrons. The fourth-order valence-electron chi connectivity index (χ4n) is 5.58. The van der Waals surface area contributed by atoms with E-state index in [1.165, 1.54) is 6.92 Å². The molecule has 39 heavy (non-hydrogen) atoms. The van der Waals surface area contributed by atoms with Gasteiger partial charge in [-0.25, -0.2) is 0 Å². The van der Waals surface area contributed by atoms with Gasteiger partial charge in [-0.05, 0) is 49.6 Å². The predicted octanol–water partition coefficient (Wildman–Crippen LogP) is 4.11. The third kappa shape index (κ3) is 6.16. The highest BCUT2D eigenvalue weighted by atomic mass is 35.5. The molecule has 5 rings (SSSR count). The first-order valence-corrected chi connectivity index (χ1v) is 14.4. The van der Waals surface area contributed by atoms with Crippen LogP contribution >= 0.6 is 34.8 Å². The van der Waals surface area contributed by atoms with Crippen LogP contribution in [0.5, 0.6) is 0 Å². The van der Waals surface area contributed by atoms with E-state index in [1.807, 2.05) is 0 Å². The number of carbonyl (C=O) groups is 2. The van der Waals surface area contributed by atoms with E-state index in [1.54, 1.807) is 46.2 Å². The van der Waals surface area contributed by atoms with Gasteiger partial charge in [0.2, 0.25) is 0 Å². The van der Waals surface area contributed by atoms with Gasteiger partial charge >= 0.3 is 0 Å². The monoisotopic (exact) mass is 594 g/mol. The highest BCUT2D eigenvalue weighted by Crippen LogP contribution is 2.33. The lowest BCUT2D eigenvalue weighted by Gasteiger charge is -2.48. The number of piperidine rings is 1. The lowest BCUT2D eigenvalue weighted by atomic mass is 9.92. The van der Waals surface area contributed by atoms with Crippen molar-refractivity contribution in [2.75, 3.05) is 57.8 Å². The number of nitrogens with zero attached hydrogens (tertiary/aromatic N) is 3. The first-order chi connectivity index (χ1) is 18.6. The summed E-state index contributed by atoms with van der Waals surface area (Å²) in [6.07, 6.45) is 1.69. The van der Waals surface area contributed by atoms with Gasteiger partial charge < -0.3 is 25.0 Å². The zero-order valence-electron chi connectivity index (χ0n) is 21.8. The minimum absolute atomic E-state index is 0.173. The summed E-state index contributed by atoms with van der Waals surface area (Å²) in [6, 6.07) is 11.0. The van der Waals surface area contributed by atoms with Gasteiger partial charge in [0, 0.05) is 56.0 Å². The van der Waals surface area contributed by atoms with Crippen LogP contribution in [-0.4, -0.2) is 96.2 Å². The minimum Gasteiger partial charge on any atom is -0.380 e. The van der Waals surface area contributed by atoms with E-state index in [0.29, 0.717) is 71.6 Å². The van der Waals surface area contributed by atoms with Gasteiger partial charge in [-0.1, -0.05) is 46.9 Å². The van der Waals surface area contributed by atoms with Gasteiger partial charge in [-0.15, -0.1) is 0 Å². The third-order valence-corrected chi connectivity index (χ3v) is 8.74. The second-order valence-electron chi connectivity index (χ2n) is 10.6. The fraction of sp³-hybridized carbons (Fsp3) is 0.500. The van der Waals surface area contributed by atoms with E-state index in [9.17, 15) is 14.7 Å². The van der Waals surface area contributed by atoms with Crippen LogP contribution in [0.2, 0.25) is 15.1 Å². The summed E-state index contributed by atoms with van der Waals surface area (Å²) in [6.45, 7) is 6.52. The van der Waals surface area contributed by atoms with Crippen molar-refractivity contribution in [2.24, 2.45) is 0 Å². The Morgan fingerprint density at radius 3 is 2.23 bits per heavy atom. The van der Waals surface area contributed by atoms with Gasteiger partial charge in [0.05, 0.1) is 34.9 Å². The van der Waals surface area contributed by atoms with Gasteiger partial charge in [0.1, 0.15) is 0 Å². The molecular weight excluding hydrogens is 563 g/mol. The average Bonchev–Trinajstić information content (AvgIpc) is 2.90. The second-order valence-corrected chi connectivity index (χ2v) is 11.9. The molecule has 3 saturated heterocycles. The molecule has 2 amide bonds. The van der Waals surface area contributed by atoms with Crippen LogP contribution in [0.15, 0.2) is 36.4 Å². The summed E-state index contributed by atoms with van der Waals surface area (Å²) in [4.78, 5) is 31.9. The van der Waals surface area contributed by atoms with Gasteiger partial charge in [-0.3, -0.25) is 14.5 Å². The Bertz CT molecular complexity index is 1200. The summed E-state index contributed by atoms with van der Waals surface area (Å²) in [5.74, 6) is -0.468. The number of hydrogen-bond donors (Lipinski definition) is 2. The number of nitrogens with one attached hydrogen (secondary N) is 1. The minimum atomic E-state index is -1.62. The van der Waals surface area contributed by atoms with Crippen molar-refractivity contribution in [3.05, 3.63) is 62.6 Å². The van der Waals surface area contributed by atoms with Crippen molar-refractivity contribution in [1.82, 2.24) is 14.7 Å². The van der Waals surface area contributed by atoms with Crippen LogP contribution in [0.25, 0.3) is 0 Å². The maximum absolute atomic E-state index is 13.1. The van der Waals surface area contributed by atoms with Gasteiger partial charge in [0.15, 0.2) is 5.60 Å². The lowest BCUT2D eigenvalue weighted by Crippen LogP contribution is -2.61. The number of morpholine rings is 1. The Hall–Kier alpha value is -2.07. The highest BCUT2D eigenvalue weighted by Gasteiger charge is 2.40. The lowest BCUT2D eigenvalue weighted by molar-refractivity contribution is -0.152. The molecule has 2 aromatic rings. The van der Waals surface area contributed by atoms with Crippen LogP contribution in [0.4, 0.5) is 5.69 Å². The van der Waals surface area contributed by atoms with E-state index in [2.05, 4.69) is 10.2 Å². The first kappa shape index (κ1) is 28.5. The van der Waals surface area contributed by atoms with Crippen molar-refractivity contribution in [2.45, 2.75) is 37.5 Å². The molecule has 0 radical (unpaired) electrons. The number of aliphatic hydroxyl groups is 1. The SMILES string of the molecule is C[C@@](O)(C(=O)N1CCC(N2CC(Nc3cc(Cl)c(C(=O)N4CCOCC4)c(Cl)c3)C2)CC1)c1cccc(Cl)c1. The first-order valence-electron chi connectivity index (χ1n) is 13.3. The van der Waals surface area contributed by atoms with Crippen molar-refractivity contribution < 1.29 is 19.4 Å².